The highest BCUT2D eigenvalue weighted by Gasteiger charge is 2.21. The van der Waals surface area contributed by atoms with Gasteiger partial charge in [-0.1, -0.05) is 40.0 Å². The van der Waals surface area contributed by atoms with E-state index in [1.807, 2.05) is 6.92 Å². The van der Waals surface area contributed by atoms with Crippen molar-refractivity contribution in [2.75, 3.05) is 0 Å². The monoisotopic (exact) mass is 279 g/mol. The molecular weight excluding hydrogens is 253 g/mol. The van der Waals surface area contributed by atoms with Gasteiger partial charge >= 0.3 is 0 Å². The van der Waals surface area contributed by atoms with Crippen molar-refractivity contribution in [3.05, 3.63) is 34.6 Å². The van der Waals surface area contributed by atoms with Crippen LogP contribution in [0.2, 0.25) is 0 Å². The van der Waals surface area contributed by atoms with E-state index in [4.69, 9.17) is 5.73 Å². The Labute approximate surface area is 121 Å². The van der Waals surface area contributed by atoms with Crippen LogP contribution in [-0.4, -0.2) is 5.91 Å². The SMILES string of the molecule is CCCCCC(CC)c1c(F)ccc(C(N)=O)c1CC. The van der Waals surface area contributed by atoms with E-state index >= 15 is 0 Å². The highest BCUT2D eigenvalue weighted by Crippen LogP contribution is 2.32. The Morgan fingerprint density at radius 3 is 2.45 bits per heavy atom. The Hall–Kier alpha value is -1.38. The average Bonchev–Trinajstić information content (AvgIpc) is 2.43. The highest BCUT2D eigenvalue weighted by atomic mass is 19.1. The molecule has 20 heavy (non-hydrogen) atoms. The van der Waals surface area contributed by atoms with Gasteiger partial charge < -0.3 is 5.73 Å². The molecule has 1 amide bonds. The van der Waals surface area contributed by atoms with Crippen LogP contribution in [0, 0.1) is 5.82 Å². The Bertz CT molecular complexity index is 457. The van der Waals surface area contributed by atoms with Gasteiger partial charge in [0.05, 0.1) is 0 Å². The van der Waals surface area contributed by atoms with Crippen molar-refractivity contribution in [3.8, 4) is 0 Å². The third-order valence-corrected chi connectivity index (χ3v) is 3.98. The largest absolute Gasteiger partial charge is 0.366 e. The molecule has 1 unspecified atom stereocenters. The van der Waals surface area contributed by atoms with Crippen molar-refractivity contribution in [3.63, 3.8) is 0 Å². The van der Waals surface area contributed by atoms with Gasteiger partial charge in [-0.15, -0.1) is 0 Å². The normalized spacial score (nSPS) is 12.4. The second-order valence-corrected chi connectivity index (χ2v) is 5.31. The number of unbranched alkanes of at least 4 members (excludes halogenated alkanes) is 2. The van der Waals surface area contributed by atoms with Crippen molar-refractivity contribution >= 4 is 5.91 Å². The lowest BCUT2D eigenvalue weighted by Crippen LogP contribution is -2.17. The second kappa shape index (κ2) is 8.03. The first-order valence-electron chi connectivity index (χ1n) is 7.67. The lowest BCUT2D eigenvalue weighted by Gasteiger charge is -2.21. The zero-order valence-electron chi connectivity index (χ0n) is 12.8. The van der Waals surface area contributed by atoms with E-state index in [-0.39, 0.29) is 11.7 Å². The van der Waals surface area contributed by atoms with Crippen LogP contribution >= 0.6 is 0 Å². The van der Waals surface area contributed by atoms with E-state index in [9.17, 15) is 9.18 Å². The van der Waals surface area contributed by atoms with Crippen LogP contribution in [0.15, 0.2) is 12.1 Å². The summed E-state index contributed by atoms with van der Waals surface area (Å²) in [5.74, 6) is -0.488. The molecule has 1 aromatic carbocycles. The van der Waals surface area contributed by atoms with Crippen molar-refractivity contribution in [2.45, 2.75) is 65.2 Å². The molecule has 3 heteroatoms. The van der Waals surface area contributed by atoms with Crippen molar-refractivity contribution in [1.29, 1.82) is 0 Å². The number of carbonyl (C=O) groups is 1. The zero-order chi connectivity index (χ0) is 15.1. The van der Waals surface area contributed by atoms with Gasteiger partial charge in [-0.25, -0.2) is 4.39 Å². The molecule has 0 fully saturated rings. The fourth-order valence-electron chi connectivity index (χ4n) is 2.88. The maximum absolute atomic E-state index is 14.3. The first kappa shape index (κ1) is 16.7. The van der Waals surface area contributed by atoms with Crippen LogP contribution in [0.3, 0.4) is 0 Å². The quantitative estimate of drug-likeness (QED) is 0.696. The Morgan fingerprint density at radius 2 is 1.95 bits per heavy atom. The molecule has 2 N–H and O–H groups in total. The molecule has 112 valence electrons. The van der Waals surface area contributed by atoms with Gasteiger partial charge in [-0.05, 0) is 48.4 Å². The molecule has 1 atom stereocenters. The minimum atomic E-state index is -0.466. The number of halogens is 1. The summed E-state index contributed by atoms with van der Waals surface area (Å²) < 4.78 is 14.3. The van der Waals surface area contributed by atoms with Gasteiger partial charge in [0.1, 0.15) is 5.82 Å². The summed E-state index contributed by atoms with van der Waals surface area (Å²) in [4.78, 5) is 11.5. The minimum Gasteiger partial charge on any atom is -0.366 e. The first-order chi connectivity index (χ1) is 9.56. The number of amides is 1. The van der Waals surface area contributed by atoms with Crippen molar-refractivity contribution < 1.29 is 9.18 Å². The van der Waals surface area contributed by atoms with E-state index in [0.29, 0.717) is 17.5 Å². The molecule has 0 bridgehead atoms. The standard InChI is InChI=1S/C17H26FNO/c1-4-7-8-9-12(5-2)16-13(6-3)14(17(19)20)10-11-15(16)18/h10-12H,4-9H2,1-3H3,(H2,19,20). The average molecular weight is 279 g/mol. The van der Waals surface area contributed by atoms with E-state index in [1.54, 1.807) is 0 Å². The van der Waals surface area contributed by atoms with Crippen LogP contribution in [0.1, 0.15) is 80.3 Å². The maximum Gasteiger partial charge on any atom is 0.248 e. The van der Waals surface area contributed by atoms with Gasteiger partial charge in [-0.2, -0.15) is 0 Å². The summed E-state index contributed by atoms with van der Waals surface area (Å²) in [5.41, 5.74) is 7.38. The summed E-state index contributed by atoms with van der Waals surface area (Å²) in [6, 6.07) is 2.90. The van der Waals surface area contributed by atoms with Gasteiger partial charge in [0, 0.05) is 5.56 Å². The summed E-state index contributed by atoms with van der Waals surface area (Å²) in [7, 11) is 0. The molecule has 0 radical (unpaired) electrons. The first-order valence-corrected chi connectivity index (χ1v) is 7.67. The Balaban J connectivity index is 3.18. The lowest BCUT2D eigenvalue weighted by atomic mass is 9.84. The second-order valence-electron chi connectivity index (χ2n) is 5.31. The van der Waals surface area contributed by atoms with Crippen molar-refractivity contribution in [1.82, 2.24) is 0 Å². The smallest absolute Gasteiger partial charge is 0.248 e. The molecule has 1 rings (SSSR count). The van der Waals surface area contributed by atoms with Crippen LogP contribution < -0.4 is 5.73 Å². The maximum atomic E-state index is 14.3. The van der Waals surface area contributed by atoms with E-state index < -0.39 is 5.91 Å². The summed E-state index contributed by atoms with van der Waals surface area (Å²) in [6.07, 6.45) is 5.90. The minimum absolute atomic E-state index is 0.177. The molecule has 1 aromatic rings. The molecule has 0 heterocycles. The van der Waals surface area contributed by atoms with E-state index in [2.05, 4.69) is 13.8 Å². The fraction of sp³-hybridized carbons (Fsp3) is 0.588. The Kier molecular flexibility index (Phi) is 6.69. The number of primary amides is 1. The van der Waals surface area contributed by atoms with Gasteiger partial charge in [0.25, 0.3) is 0 Å². The van der Waals surface area contributed by atoms with Gasteiger partial charge in [0.2, 0.25) is 5.91 Å². The molecule has 0 saturated carbocycles. The van der Waals surface area contributed by atoms with Crippen LogP contribution in [0.25, 0.3) is 0 Å². The zero-order valence-corrected chi connectivity index (χ0v) is 12.8. The molecule has 0 aromatic heterocycles. The Morgan fingerprint density at radius 1 is 1.25 bits per heavy atom. The number of carbonyl (C=O) groups excluding carboxylic acids is 1. The van der Waals surface area contributed by atoms with Gasteiger partial charge in [-0.3, -0.25) is 4.79 Å². The number of rotatable bonds is 8. The topological polar surface area (TPSA) is 43.1 Å². The summed E-state index contributed by atoms with van der Waals surface area (Å²) >= 11 is 0. The van der Waals surface area contributed by atoms with Crippen molar-refractivity contribution in [2.24, 2.45) is 5.73 Å². The molecule has 0 aliphatic heterocycles. The fourth-order valence-corrected chi connectivity index (χ4v) is 2.88. The van der Waals surface area contributed by atoms with Gasteiger partial charge in [0.15, 0.2) is 0 Å². The molecule has 0 spiro atoms. The number of hydrogen-bond donors (Lipinski definition) is 1. The van der Waals surface area contributed by atoms with E-state index in [0.717, 1.165) is 37.7 Å². The molecule has 0 aliphatic rings. The molecule has 0 saturated heterocycles. The van der Waals surface area contributed by atoms with Crippen LogP contribution in [0.4, 0.5) is 4.39 Å². The number of hydrogen-bond acceptors (Lipinski definition) is 1. The van der Waals surface area contributed by atoms with Crippen LogP contribution in [0.5, 0.6) is 0 Å². The number of nitrogens with two attached hydrogens (primary N) is 1. The third-order valence-electron chi connectivity index (χ3n) is 3.98. The number of benzene rings is 1. The molecular formula is C17H26FNO. The lowest BCUT2D eigenvalue weighted by molar-refractivity contribution is 0.0999. The molecule has 2 nitrogen and oxygen atoms in total. The summed E-state index contributed by atoms with van der Waals surface area (Å²) in [5, 5.41) is 0. The van der Waals surface area contributed by atoms with Crippen LogP contribution in [-0.2, 0) is 6.42 Å². The molecule has 0 aliphatic carbocycles. The summed E-state index contributed by atoms with van der Waals surface area (Å²) in [6.45, 7) is 6.18. The third kappa shape index (κ3) is 3.81. The highest BCUT2D eigenvalue weighted by molar-refractivity contribution is 5.94. The van der Waals surface area contributed by atoms with E-state index in [1.165, 1.54) is 12.1 Å². The predicted molar refractivity (Wildman–Crippen MR) is 81.5 cm³/mol. The predicted octanol–water partition coefficient (Wildman–Crippen LogP) is 4.56.